The Bertz CT molecular complexity index is 385. The predicted molar refractivity (Wildman–Crippen MR) is 51.5 cm³/mol. The van der Waals surface area contributed by atoms with Crippen LogP contribution in [0.5, 0.6) is 11.5 Å². The average Bonchev–Trinajstić information content (AvgIpc) is 2.64. The maximum atomic E-state index is 10.2. The van der Waals surface area contributed by atoms with E-state index in [1.165, 1.54) is 0 Å². The number of rotatable bonds is 4. The van der Waals surface area contributed by atoms with E-state index in [1.807, 2.05) is 6.07 Å². The molecule has 0 radical (unpaired) electrons. The molecule has 0 saturated carbocycles. The minimum atomic E-state index is -2.31. The fraction of sp³-hybridized carbons (Fsp3) is 0.250. The van der Waals surface area contributed by atoms with E-state index in [4.69, 9.17) is 9.47 Å². The summed E-state index contributed by atoms with van der Waals surface area (Å²) in [6, 6.07) is 5.41. The third-order valence-electron chi connectivity index (χ3n) is 1.88. The highest BCUT2D eigenvalue weighted by molar-refractivity contribution is 7.76. The molecule has 0 fully saturated rings. The SMILES string of the molecule is O=S([O-])NNCc1ccc2c(c1)OCO2. The molecule has 15 heavy (non-hydrogen) atoms. The lowest BCUT2D eigenvalue weighted by Crippen LogP contribution is -2.32. The van der Waals surface area contributed by atoms with Gasteiger partial charge < -0.3 is 14.0 Å². The van der Waals surface area contributed by atoms with E-state index in [1.54, 1.807) is 12.1 Å². The molecule has 0 aromatic heterocycles. The van der Waals surface area contributed by atoms with E-state index in [2.05, 4.69) is 10.3 Å². The first-order valence-electron chi connectivity index (χ1n) is 4.22. The molecule has 0 amide bonds. The van der Waals surface area contributed by atoms with Crippen LogP contribution in [-0.4, -0.2) is 15.6 Å². The van der Waals surface area contributed by atoms with Crippen molar-refractivity contribution in [2.75, 3.05) is 6.79 Å². The number of benzene rings is 1. The van der Waals surface area contributed by atoms with Crippen molar-refractivity contribution in [1.29, 1.82) is 0 Å². The standard InChI is InChI=1S/C8H10N2O4S/c11-15(12)10-9-4-6-1-2-7-8(3-6)14-5-13-7/h1-3,9-10H,4-5H2,(H,11,12)/p-1. The zero-order chi connectivity index (χ0) is 10.7. The van der Waals surface area contributed by atoms with Crippen molar-refractivity contribution >= 4 is 11.3 Å². The summed E-state index contributed by atoms with van der Waals surface area (Å²) in [5.41, 5.74) is 3.43. The molecule has 6 nitrogen and oxygen atoms in total. The molecule has 0 bridgehead atoms. The second-order valence-electron chi connectivity index (χ2n) is 2.88. The van der Waals surface area contributed by atoms with Crippen LogP contribution in [0.4, 0.5) is 0 Å². The molecule has 1 heterocycles. The van der Waals surface area contributed by atoms with Crippen molar-refractivity contribution in [3.05, 3.63) is 23.8 Å². The van der Waals surface area contributed by atoms with Gasteiger partial charge in [-0.2, -0.15) is 4.83 Å². The van der Waals surface area contributed by atoms with Crippen LogP contribution >= 0.6 is 0 Å². The van der Waals surface area contributed by atoms with Gasteiger partial charge in [-0.05, 0) is 17.7 Å². The topological polar surface area (TPSA) is 82.7 Å². The van der Waals surface area contributed by atoms with E-state index in [9.17, 15) is 8.76 Å². The van der Waals surface area contributed by atoms with Gasteiger partial charge in [0.25, 0.3) is 0 Å². The van der Waals surface area contributed by atoms with Crippen LogP contribution in [0.15, 0.2) is 18.2 Å². The summed E-state index contributed by atoms with van der Waals surface area (Å²) in [7, 11) is 0. The first-order chi connectivity index (χ1) is 7.25. The van der Waals surface area contributed by atoms with Gasteiger partial charge in [0.15, 0.2) is 11.5 Å². The highest BCUT2D eigenvalue weighted by Crippen LogP contribution is 2.32. The zero-order valence-electron chi connectivity index (χ0n) is 7.69. The summed E-state index contributed by atoms with van der Waals surface area (Å²) in [6.45, 7) is 0.611. The van der Waals surface area contributed by atoms with Gasteiger partial charge in [0.2, 0.25) is 6.79 Å². The Morgan fingerprint density at radius 3 is 3.00 bits per heavy atom. The van der Waals surface area contributed by atoms with Gasteiger partial charge in [-0.15, -0.1) is 0 Å². The van der Waals surface area contributed by atoms with Crippen LogP contribution in [0, 0.1) is 0 Å². The molecule has 1 atom stereocenters. The third-order valence-corrected chi connectivity index (χ3v) is 2.20. The quantitative estimate of drug-likeness (QED) is 0.552. The molecule has 0 aliphatic carbocycles. The first kappa shape index (κ1) is 10.4. The molecule has 0 saturated heterocycles. The van der Waals surface area contributed by atoms with Gasteiger partial charge in [0, 0.05) is 17.8 Å². The molecule has 7 heteroatoms. The molecule has 0 spiro atoms. The third kappa shape index (κ3) is 2.66. The average molecular weight is 229 g/mol. The number of hydrogen-bond acceptors (Lipinski definition) is 5. The number of ether oxygens (including phenoxy) is 2. The molecule has 1 aromatic rings. The van der Waals surface area contributed by atoms with E-state index in [-0.39, 0.29) is 6.79 Å². The largest absolute Gasteiger partial charge is 0.759 e. The highest BCUT2D eigenvalue weighted by Gasteiger charge is 2.12. The predicted octanol–water partition coefficient (Wildman–Crippen LogP) is -0.196. The van der Waals surface area contributed by atoms with Crippen LogP contribution in [0.2, 0.25) is 0 Å². The van der Waals surface area contributed by atoms with E-state index < -0.39 is 11.3 Å². The molecular weight excluding hydrogens is 220 g/mol. The minimum absolute atomic E-state index is 0.231. The van der Waals surface area contributed by atoms with E-state index in [0.29, 0.717) is 18.0 Å². The van der Waals surface area contributed by atoms with Crippen molar-refractivity contribution in [2.24, 2.45) is 0 Å². The van der Waals surface area contributed by atoms with Gasteiger partial charge in [-0.25, -0.2) is 5.43 Å². The molecule has 2 rings (SSSR count). The summed E-state index contributed by atoms with van der Waals surface area (Å²) in [4.78, 5) is 2.06. The first-order valence-corrected chi connectivity index (χ1v) is 5.29. The Kier molecular flexibility index (Phi) is 3.17. The van der Waals surface area contributed by atoms with Gasteiger partial charge in [-0.3, -0.25) is 4.21 Å². The van der Waals surface area contributed by atoms with Crippen LogP contribution in [0.25, 0.3) is 0 Å². The normalized spacial score (nSPS) is 15.3. The van der Waals surface area contributed by atoms with Crippen molar-refractivity contribution in [1.82, 2.24) is 10.3 Å². The Morgan fingerprint density at radius 1 is 1.40 bits per heavy atom. The number of fused-ring (bicyclic) bond motifs is 1. The summed E-state index contributed by atoms with van der Waals surface area (Å²) in [6.07, 6.45) is 0. The molecule has 1 aromatic carbocycles. The smallest absolute Gasteiger partial charge is 0.231 e. The summed E-state index contributed by atoms with van der Waals surface area (Å²) in [5, 5.41) is 0. The van der Waals surface area contributed by atoms with Crippen molar-refractivity contribution in [3.8, 4) is 11.5 Å². The maximum Gasteiger partial charge on any atom is 0.231 e. The molecule has 1 aliphatic heterocycles. The lowest BCUT2D eigenvalue weighted by molar-refractivity contribution is 0.174. The van der Waals surface area contributed by atoms with Crippen molar-refractivity contribution < 1.29 is 18.2 Å². The van der Waals surface area contributed by atoms with Gasteiger partial charge >= 0.3 is 0 Å². The maximum absolute atomic E-state index is 10.2. The van der Waals surface area contributed by atoms with Crippen LogP contribution in [0.3, 0.4) is 0 Å². The second-order valence-corrected chi connectivity index (χ2v) is 3.55. The summed E-state index contributed by atoms with van der Waals surface area (Å²) in [5.74, 6) is 1.39. The number of nitrogens with one attached hydrogen (secondary N) is 2. The Hall–Kier alpha value is -1.15. The zero-order valence-corrected chi connectivity index (χ0v) is 8.50. The van der Waals surface area contributed by atoms with E-state index >= 15 is 0 Å². The molecular formula is C8H9N2O4S-. The second kappa shape index (κ2) is 4.58. The van der Waals surface area contributed by atoms with Crippen molar-refractivity contribution in [3.63, 3.8) is 0 Å². The molecule has 82 valence electrons. The van der Waals surface area contributed by atoms with Gasteiger partial charge in [0.05, 0.1) is 0 Å². The Morgan fingerprint density at radius 2 is 2.20 bits per heavy atom. The van der Waals surface area contributed by atoms with Crippen molar-refractivity contribution in [2.45, 2.75) is 6.54 Å². The lowest BCUT2D eigenvalue weighted by Gasteiger charge is -2.08. The van der Waals surface area contributed by atoms with Gasteiger partial charge in [-0.1, -0.05) is 6.07 Å². The molecule has 1 unspecified atom stereocenters. The number of hydrogen-bond donors (Lipinski definition) is 2. The van der Waals surface area contributed by atoms with Crippen LogP contribution in [-0.2, 0) is 17.8 Å². The summed E-state index contributed by atoms with van der Waals surface area (Å²) >= 11 is -2.31. The Balaban J connectivity index is 1.95. The minimum Gasteiger partial charge on any atom is -0.759 e. The van der Waals surface area contributed by atoms with Crippen LogP contribution < -0.4 is 19.7 Å². The van der Waals surface area contributed by atoms with Crippen LogP contribution in [0.1, 0.15) is 5.56 Å². The molecule has 2 N–H and O–H groups in total. The van der Waals surface area contributed by atoms with Gasteiger partial charge in [0.1, 0.15) is 0 Å². The fourth-order valence-corrected chi connectivity index (χ4v) is 1.44. The monoisotopic (exact) mass is 229 g/mol. The molecule has 1 aliphatic rings. The lowest BCUT2D eigenvalue weighted by atomic mass is 10.2. The summed E-state index contributed by atoms with van der Waals surface area (Å²) < 4.78 is 30.6. The fourth-order valence-electron chi connectivity index (χ4n) is 1.25. The number of hydrazine groups is 1. The highest BCUT2D eigenvalue weighted by atomic mass is 32.2. The van der Waals surface area contributed by atoms with E-state index in [0.717, 1.165) is 5.56 Å². The Labute approximate surface area is 89.0 Å².